The molecule has 3 N–H and O–H groups in total. The summed E-state index contributed by atoms with van der Waals surface area (Å²) in [7, 11) is 0. The Hall–Kier alpha value is -1.10. The number of nitrogens with one attached hydrogen (secondary N) is 1. The predicted molar refractivity (Wildman–Crippen MR) is 84.6 cm³/mol. The van der Waals surface area contributed by atoms with Crippen molar-refractivity contribution < 1.29 is 14.3 Å². The van der Waals surface area contributed by atoms with Gasteiger partial charge in [0.15, 0.2) is 0 Å². The highest BCUT2D eigenvalue weighted by molar-refractivity contribution is 5.81. The molecule has 5 heteroatoms. The molecule has 0 spiro atoms. The Labute approximate surface area is 129 Å². The molecule has 0 aromatic heterocycles. The number of ether oxygens (including phenoxy) is 1. The van der Waals surface area contributed by atoms with Crippen molar-refractivity contribution in [1.29, 1.82) is 0 Å². The highest BCUT2D eigenvalue weighted by Crippen LogP contribution is 2.15. The lowest BCUT2D eigenvalue weighted by Gasteiger charge is -2.20. The Kier molecular flexibility index (Phi) is 10.0. The fraction of sp³-hybridized carbons (Fsp3) is 0.875. The number of amides is 1. The third-order valence-electron chi connectivity index (χ3n) is 3.19. The van der Waals surface area contributed by atoms with Crippen molar-refractivity contribution >= 4 is 11.9 Å². The zero-order valence-electron chi connectivity index (χ0n) is 14.1. The molecule has 0 aromatic carbocycles. The molecule has 0 heterocycles. The Bertz CT molecular complexity index is 317. The molecule has 21 heavy (non-hydrogen) atoms. The third kappa shape index (κ3) is 10.3. The average Bonchev–Trinajstić information content (AvgIpc) is 2.34. The number of nitrogens with two attached hydrogens (primary N) is 1. The molecule has 0 saturated carbocycles. The minimum atomic E-state index is -0.479. The number of carbonyl (C=O) groups is 2. The monoisotopic (exact) mass is 300 g/mol. The Balaban J connectivity index is 4.33. The van der Waals surface area contributed by atoms with E-state index < -0.39 is 6.04 Å². The molecule has 5 nitrogen and oxygen atoms in total. The Morgan fingerprint density at radius 1 is 1.10 bits per heavy atom. The number of hydrogen-bond donors (Lipinski definition) is 2. The summed E-state index contributed by atoms with van der Waals surface area (Å²) in [6.45, 7) is 10.9. The second kappa shape index (κ2) is 10.6. The van der Waals surface area contributed by atoms with Gasteiger partial charge in [-0.3, -0.25) is 9.59 Å². The van der Waals surface area contributed by atoms with Gasteiger partial charge in [0.25, 0.3) is 0 Å². The van der Waals surface area contributed by atoms with Gasteiger partial charge in [0.2, 0.25) is 5.91 Å². The Morgan fingerprint density at radius 3 is 2.14 bits per heavy atom. The summed E-state index contributed by atoms with van der Waals surface area (Å²) < 4.78 is 4.98. The fourth-order valence-electron chi connectivity index (χ4n) is 2.35. The molecule has 0 radical (unpaired) electrons. The number of hydrogen-bond acceptors (Lipinski definition) is 4. The van der Waals surface area contributed by atoms with Crippen LogP contribution < -0.4 is 11.1 Å². The van der Waals surface area contributed by atoms with E-state index in [9.17, 15) is 9.59 Å². The number of rotatable bonds is 10. The number of esters is 1. The van der Waals surface area contributed by atoms with Gasteiger partial charge in [-0.2, -0.15) is 0 Å². The van der Waals surface area contributed by atoms with Crippen molar-refractivity contribution in [3.05, 3.63) is 0 Å². The van der Waals surface area contributed by atoms with Crippen LogP contribution in [0.25, 0.3) is 0 Å². The first-order valence-corrected chi connectivity index (χ1v) is 7.95. The minimum absolute atomic E-state index is 0.0965. The van der Waals surface area contributed by atoms with Crippen LogP contribution in [0.3, 0.4) is 0 Å². The smallest absolute Gasteiger partial charge is 0.306 e. The van der Waals surface area contributed by atoms with E-state index in [0.29, 0.717) is 37.8 Å². The molecular weight excluding hydrogens is 268 g/mol. The van der Waals surface area contributed by atoms with Gasteiger partial charge in [0.05, 0.1) is 19.1 Å². The van der Waals surface area contributed by atoms with Gasteiger partial charge >= 0.3 is 5.97 Å². The van der Waals surface area contributed by atoms with Crippen LogP contribution in [0, 0.1) is 17.8 Å². The predicted octanol–water partition coefficient (Wildman–Crippen LogP) is 2.09. The maximum absolute atomic E-state index is 11.9. The van der Waals surface area contributed by atoms with Crippen molar-refractivity contribution in [3.63, 3.8) is 0 Å². The van der Waals surface area contributed by atoms with Crippen LogP contribution in [-0.2, 0) is 14.3 Å². The average molecular weight is 300 g/mol. The van der Waals surface area contributed by atoms with E-state index in [1.807, 2.05) is 13.8 Å². The molecule has 124 valence electrons. The van der Waals surface area contributed by atoms with Gasteiger partial charge in [-0.05, 0) is 37.5 Å². The lowest BCUT2D eigenvalue weighted by Crippen LogP contribution is -2.43. The van der Waals surface area contributed by atoms with Crippen LogP contribution in [0.15, 0.2) is 0 Å². The lowest BCUT2D eigenvalue weighted by atomic mass is 9.94. The standard InChI is InChI=1S/C16H32N2O3/c1-6-21-15(19)9-13(7-11(2)3)10-18-16(20)14(17)8-12(4)5/h11-14H,6-10,17H2,1-5H3,(H,18,20)/t13-,14-/m0/s1. The maximum atomic E-state index is 11.9. The van der Waals surface area contributed by atoms with Gasteiger partial charge in [-0.15, -0.1) is 0 Å². The van der Waals surface area contributed by atoms with Gasteiger partial charge in [-0.1, -0.05) is 27.7 Å². The van der Waals surface area contributed by atoms with Crippen molar-refractivity contribution in [2.45, 2.75) is 59.9 Å². The molecule has 0 bridgehead atoms. The lowest BCUT2D eigenvalue weighted by molar-refractivity contribution is -0.144. The third-order valence-corrected chi connectivity index (χ3v) is 3.19. The van der Waals surface area contributed by atoms with Gasteiger partial charge in [-0.25, -0.2) is 0 Å². The van der Waals surface area contributed by atoms with Gasteiger partial charge in [0, 0.05) is 6.54 Å². The highest BCUT2D eigenvalue weighted by Gasteiger charge is 2.20. The minimum Gasteiger partial charge on any atom is -0.466 e. The van der Waals surface area contributed by atoms with E-state index in [1.54, 1.807) is 6.92 Å². The molecule has 0 fully saturated rings. The van der Waals surface area contributed by atoms with Crippen LogP contribution in [0.2, 0.25) is 0 Å². The van der Waals surface area contributed by atoms with Crippen LogP contribution >= 0.6 is 0 Å². The van der Waals surface area contributed by atoms with Crippen molar-refractivity contribution in [2.75, 3.05) is 13.2 Å². The van der Waals surface area contributed by atoms with E-state index in [2.05, 4.69) is 19.2 Å². The summed E-state index contributed by atoms with van der Waals surface area (Å²) in [6, 6.07) is -0.479. The fourth-order valence-corrected chi connectivity index (χ4v) is 2.35. The largest absolute Gasteiger partial charge is 0.466 e. The van der Waals surface area contributed by atoms with E-state index in [-0.39, 0.29) is 17.8 Å². The summed E-state index contributed by atoms with van der Waals surface area (Å²) in [6.07, 6.45) is 1.88. The molecular formula is C16H32N2O3. The SMILES string of the molecule is CCOC(=O)C[C@@H](CNC(=O)[C@@H](N)CC(C)C)CC(C)C. The molecule has 0 aromatic rings. The van der Waals surface area contributed by atoms with Gasteiger partial charge < -0.3 is 15.8 Å². The van der Waals surface area contributed by atoms with E-state index >= 15 is 0 Å². The summed E-state index contributed by atoms with van der Waals surface area (Å²) in [5.74, 6) is 0.604. The van der Waals surface area contributed by atoms with Crippen LogP contribution in [0.1, 0.15) is 53.9 Å². The molecule has 2 atom stereocenters. The first-order chi connectivity index (χ1) is 9.76. The van der Waals surface area contributed by atoms with Crippen molar-refractivity contribution in [1.82, 2.24) is 5.32 Å². The second-order valence-corrected chi connectivity index (χ2v) is 6.49. The molecule has 0 unspecified atom stereocenters. The van der Waals surface area contributed by atoms with E-state index in [0.717, 1.165) is 6.42 Å². The molecule has 0 saturated heterocycles. The number of carbonyl (C=O) groups excluding carboxylic acids is 2. The molecule has 0 aliphatic rings. The second-order valence-electron chi connectivity index (χ2n) is 6.49. The summed E-state index contributed by atoms with van der Waals surface area (Å²) in [5.41, 5.74) is 5.85. The molecule has 1 amide bonds. The summed E-state index contributed by atoms with van der Waals surface area (Å²) in [4.78, 5) is 23.5. The van der Waals surface area contributed by atoms with Gasteiger partial charge in [0.1, 0.15) is 0 Å². The summed E-state index contributed by atoms with van der Waals surface area (Å²) in [5, 5.41) is 2.87. The molecule has 0 aliphatic heterocycles. The first kappa shape index (κ1) is 19.9. The zero-order valence-corrected chi connectivity index (χ0v) is 14.1. The van der Waals surface area contributed by atoms with Crippen LogP contribution in [0.5, 0.6) is 0 Å². The zero-order chi connectivity index (χ0) is 16.4. The highest BCUT2D eigenvalue weighted by atomic mass is 16.5. The topological polar surface area (TPSA) is 81.4 Å². The van der Waals surface area contributed by atoms with E-state index in [1.165, 1.54) is 0 Å². The first-order valence-electron chi connectivity index (χ1n) is 7.95. The quantitative estimate of drug-likeness (QED) is 0.605. The van der Waals surface area contributed by atoms with Crippen LogP contribution in [0.4, 0.5) is 0 Å². The molecule has 0 aliphatic carbocycles. The molecule has 0 rings (SSSR count). The summed E-state index contributed by atoms with van der Waals surface area (Å²) >= 11 is 0. The van der Waals surface area contributed by atoms with E-state index in [4.69, 9.17) is 10.5 Å². The Morgan fingerprint density at radius 2 is 1.67 bits per heavy atom. The van der Waals surface area contributed by atoms with Crippen LogP contribution in [-0.4, -0.2) is 31.1 Å². The maximum Gasteiger partial charge on any atom is 0.306 e. The van der Waals surface area contributed by atoms with Crippen molar-refractivity contribution in [3.8, 4) is 0 Å². The normalized spacial score (nSPS) is 14.1. The van der Waals surface area contributed by atoms with Crippen molar-refractivity contribution in [2.24, 2.45) is 23.5 Å².